The first-order chi connectivity index (χ1) is 6.18. The van der Waals surface area contributed by atoms with E-state index in [4.69, 9.17) is 23.1 Å². The van der Waals surface area contributed by atoms with E-state index < -0.39 is 0 Å². The number of anilines is 2. The van der Waals surface area contributed by atoms with Crippen molar-refractivity contribution in [3.05, 3.63) is 10.7 Å². The summed E-state index contributed by atoms with van der Waals surface area (Å²) in [4.78, 5) is 0. The van der Waals surface area contributed by atoms with Gasteiger partial charge in [0, 0.05) is 5.56 Å². The van der Waals surface area contributed by atoms with Crippen molar-refractivity contribution in [2.45, 2.75) is 19.3 Å². The van der Waals surface area contributed by atoms with Crippen molar-refractivity contribution in [2.75, 3.05) is 11.5 Å². The maximum absolute atomic E-state index is 5.75. The Hall–Kier alpha value is -1.03. The predicted octanol–water partition coefficient (Wildman–Crippen LogP) is 1.25. The lowest BCUT2D eigenvalue weighted by Crippen LogP contribution is -2.06. The highest BCUT2D eigenvalue weighted by molar-refractivity contribution is 6.32. The molecular weight excluding hydrogens is 188 g/mol. The van der Waals surface area contributed by atoms with Gasteiger partial charge in [0.2, 0.25) is 0 Å². The molecule has 0 amide bonds. The molecule has 1 aliphatic rings. The summed E-state index contributed by atoms with van der Waals surface area (Å²) in [5.41, 5.74) is 12.7. The molecule has 5 heteroatoms. The maximum atomic E-state index is 5.75. The number of halogens is 1. The van der Waals surface area contributed by atoms with Crippen LogP contribution >= 0.6 is 11.6 Å². The topological polar surface area (TPSA) is 77.8 Å². The second kappa shape index (κ2) is 3.03. The molecule has 1 aromatic rings. The monoisotopic (exact) mass is 198 g/mol. The fraction of sp³-hybridized carbons (Fsp3) is 0.500. The third kappa shape index (κ3) is 1.67. The summed E-state index contributed by atoms with van der Waals surface area (Å²) in [6, 6.07) is 0. The van der Waals surface area contributed by atoms with E-state index in [1.165, 1.54) is 12.8 Å². The van der Waals surface area contributed by atoms with Gasteiger partial charge in [0.05, 0.1) is 5.69 Å². The van der Waals surface area contributed by atoms with Crippen LogP contribution in [-0.2, 0) is 6.42 Å². The number of hydrogen-bond donors (Lipinski definition) is 2. The van der Waals surface area contributed by atoms with Crippen LogP contribution in [0.4, 0.5) is 11.5 Å². The maximum Gasteiger partial charge on any atom is 0.174 e. The summed E-state index contributed by atoms with van der Waals surface area (Å²) in [5.74, 6) is 1.12. The highest BCUT2D eigenvalue weighted by atomic mass is 35.5. The Bertz CT molecular complexity index is 335. The van der Waals surface area contributed by atoms with E-state index >= 15 is 0 Å². The van der Waals surface area contributed by atoms with Crippen molar-refractivity contribution >= 4 is 23.1 Å². The average Bonchev–Trinajstić information content (AvgIpc) is 2.89. The molecule has 1 heterocycles. The summed E-state index contributed by atoms with van der Waals surface area (Å²) in [6.45, 7) is 0. The molecule has 0 unspecified atom stereocenters. The lowest BCUT2D eigenvalue weighted by molar-refractivity contribution is 0.825. The van der Waals surface area contributed by atoms with Gasteiger partial charge in [-0.05, 0) is 25.2 Å². The number of nitrogens with zero attached hydrogens (tertiary/aromatic N) is 2. The largest absolute Gasteiger partial charge is 0.396 e. The van der Waals surface area contributed by atoms with Crippen LogP contribution in [-0.4, -0.2) is 10.2 Å². The molecule has 13 heavy (non-hydrogen) atoms. The van der Waals surface area contributed by atoms with Crippen LogP contribution in [0.3, 0.4) is 0 Å². The Labute approximate surface area is 81.3 Å². The minimum Gasteiger partial charge on any atom is -0.396 e. The van der Waals surface area contributed by atoms with Gasteiger partial charge in [0.15, 0.2) is 11.0 Å². The molecule has 4 nitrogen and oxygen atoms in total. The zero-order chi connectivity index (χ0) is 9.42. The van der Waals surface area contributed by atoms with Crippen LogP contribution in [0.1, 0.15) is 18.4 Å². The number of aromatic nitrogens is 2. The molecule has 0 aromatic carbocycles. The molecule has 2 rings (SSSR count). The molecule has 4 N–H and O–H groups in total. The molecule has 1 aromatic heterocycles. The SMILES string of the molecule is Nc1nnc(Cl)c(N)c1CC1CC1. The summed E-state index contributed by atoms with van der Waals surface area (Å²) in [5, 5.41) is 7.62. The number of nitrogens with two attached hydrogens (primary N) is 2. The lowest BCUT2D eigenvalue weighted by atomic mass is 10.1. The van der Waals surface area contributed by atoms with E-state index in [1.807, 2.05) is 0 Å². The molecule has 70 valence electrons. The van der Waals surface area contributed by atoms with Gasteiger partial charge in [0.25, 0.3) is 0 Å². The second-order valence-corrected chi connectivity index (χ2v) is 3.77. The molecule has 0 aliphatic heterocycles. The number of hydrogen-bond acceptors (Lipinski definition) is 4. The van der Waals surface area contributed by atoms with E-state index in [0.29, 0.717) is 17.4 Å². The van der Waals surface area contributed by atoms with Gasteiger partial charge < -0.3 is 11.5 Å². The first kappa shape index (κ1) is 8.56. The van der Waals surface area contributed by atoms with Crippen molar-refractivity contribution in [2.24, 2.45) is 5.92 Å². The molecular formula is C8H11ClN4. The van der Waals surface area contributed by atoms with Gasteiger partial charge >= 0.3 is 0 Å². The summed E-state index contributed by atoms with van der Waals surface area (Å²) in [7, 11) is 0. The molecule has 1 aliphatic carbocycles. The van der Waals surface area contributed by atoms with Crippen molar-refractivity contribution in [3.63, 3.8) is 0 Å². The summed E-state index contributed by atoms with van der Waals surface area (Å²) < 4.78 is 0. The van der Waals surface area contributed by atoms with Crippen molar-refractivity contribution in [1.82, 2.24) is 10.2 Å². The molecule has 0 saturated heterocycles. The normalized spacial score (nSPS) is 16.1. The molecule has 0 bridgehead atoms. The fourth-order valence-electron chi connectivity index (χ4n) is 1.30. The highest BCUT2D eigenvalue weighted by Crippen LogP contribution is 2.36. The van der Waals surface area contributed by atoms with Gasteiger partial charge in [-0.15, -0.1) is 10.2 Å². The minimum atomic E-state index is 0.254. The predicted molar refractivity (Wildman–Crippen MR) is 52.3 cm³/mol. The van der Waals surface area contributed by atoms with Crippen LogP contribution in [0.25, 0.3) is 0 Å². The second-order valence-electron chi connectivity index (χ2n) is 3.42. The standard InChI is InChI=1S/C8H11ClN4/c9-7-6(10)5(3-4-1-2-4)8(11)13-12-7/h4H,1-3H2,(H4,10,11,13). The molecule has 0 spiro atoms. The molecule has 0 radical (unpaired) electrons. The molecule has 1 fully saturated rings. The first-order valence-electron chi connectivity index (χ1n) is 4.24. The molecule has 1 saturated carbocycles. The van der Waals surface area contributed by atoms with Gasteiger partial charge in [-0.25, -0.2) is 0 Å². The fourth-order valence-corrected chi connectivity index (χ4v) is 1.45. The quantitative estimate of drug-likeness (QED) is 0.750. The molecule has 0 atom stereocenters. The third-order valence-electron chi connectivity index (χ3n) is 2.29. The summed E-state index contributed by atoms with van der Waals surface area (Å²) in [6.07, 6.45) is 3.38. The number of rotatable bonds is 2. The van der Waals surface area contributed by atoms with Gasteiger partial charge in [-0.1, -0.05) is 11.6 Å². The Morgan fingerprint density at radius 1 is 1.31 bits per heavy atom. The van der Waals surface area contributed by atoms with Crippen LogP contribution < -0.4 is 11.5 Å². The van der Waals surface area contributed by atoms with Crippen molar-refractivity contribution in [1.29, 1.82) is 0 Å². The van der Waals surface area contributed by atoms with Crippen LogP contribution in [0, 0.1) is 5.92 Å². The van der Waals surface area contributed by atoms with Crippen molar-refractivity contribution < 1.29 is 0 Å². The third-order valence-corrected chi connectivity index (χ3v) is 2.57. The lowest BCUT2D eigenvalue weighted by Gasteiger charge is -2.07. The van der Waals surface area contributed by atoms with Crippen LogP contribution in [0.5, 0.6) is 0 Å². The van der Waals surface area contributed by atoms with Crippen LogP contribution in [0.2, 0.25) is 5.15 Å². The van der Waals surface area contributed by atoms with Crippen LogP contribution in [0.15, 0.2) is 0 Å². The van der Waals surface area contributed by atoms with Gasteiger partial charge in [0.1, 0.15) is 0 Å². The number of nitrogen functional groups attached to an aromatic ring is 2. The van der Waals surface area contributed by atoms with E-state index in [0.717, 1.165) is 12.0 Å². The van der Waals surface area contributed by atoms with Crippen molar-refractivity contribution in [3.8, 4) is 0 Å². The Morgan fingerprint density at radius 3 is 2.62 bits per heavy atom. The zero-order valence-electron chi connectivity index (χ0n) is 7.13. The van der Waals surface area contributed by atoms with Gasteiger partial charge in [-0.3, -0.25) is 0 Å². The Kier molecular flexibility index (Phi) is 2.00. The smallest absolute Gasteiger partial charge is 0.174 e. The Morgan fingerprint density at radius 2 is 2.00 bits per heavy atom. The minimum absolute atomic E-state index is 0.254. The van der Waals surface area contributed by atoms with E-state index in [1.54, 1.807) is 0 Å². The van der Waals surface area contributed by atoms with E-state index in [-0.39, 0.29) is 5.15 Å². The van der Waals surface area contributed by atoms with E-state index in [9.17, 15) is 0 Å². The highest BCUT2D eigenvalue weighted by Gasteiger charge is 2.24. The summed E-state index contributed by atoms with van der Waals surface area (Å²) >= 11 is 5.74. The van der Waals surface area contributed by atoms with Gasteiger partial charge in [-0.2, -0.15) is 0 Å². The Balaban J connectivity index is 2.34. The zero-order valence-corrected chi connectivity index (χ0v) is 7.88. The average molecular weight is 199 g/mol. The first-order valence-corrected chi connectivity index (χ1v) is 4.62. The van der Waals surface area contributed by atoms with E-state index in [2.05, 4.69) is 10.2 Å².